The fourth-order valence-corrected chi connectivity index (χ4v) is 2.20. The molecule has 0 bridgehead atoms. The van der Waals surface area contributed by atoms with Crippen molar-refractivity contribution < 1.29 is 9.52 Å². The molecule has 0 amide bonds. The van der Waals surface area contributed by atoms with E-state index in [4.69, 9.17) is 9.52 Å². The Labute approximate surface area is 107 Å². The molecule has 0 unspecified atom stereocenters. The van der Waals surface area contributed by atoms with Gasteiger partial charge in [0.05, 0.1) is 24.2 Å². The van der Waals surface area contributed by atoms with Gasteiger partial charge in [-0.05, 0) is 11.4 Å². The van der Waals surface area contributed by atoms with E-state index in [0.717, 1.165) is 10.6 Å². The van der Waals surface area contributed by atoms with Gasteiger partial charge in [-0.15, -0.1) is 16.4 Å². The van der Waals surface area contributed by atoms with Gasteiger partial charge in [-0.25, -0.2) is 9.67 Å². The smallest absolute Gasteiger partial charge is 0.236 e. The second-order valence-corrected chi connectivity index (χ2v) is 4.63. The van der Waals surface area contributed by atoms with Gasteiger partial charge in [0.15, 0.2) is 0 Å². The van der Waals surface area contributed by atoms with Crippen molar-refractivity contribution in [2.45, 2.75) is 13.2 Å². The van der Waals surface area contributed by atoms with Crippen LogP contribution in [0.4, 0.5) is 0 Å². The van der Waals surface area contributed by atoms with Gasteiger partial charge in [-0.2, -0.15) is 0 Å². The largest absolute Gasteiger partial charge is 0.443 e. The predicted octanol–water partition coefficient (Wildman–Crippen LogP) is 1.54. The topological polar surface area (TPSA) is 77.0 Å². The number of hydrogen-bond donors (Lipinski definition) is 1. The highest BCUT2D eigenvalue weighted by Crippen LogP contribution is 2.23. The van der Waals surface area contributed by atoms with Crippen molar-refractivity contribution in [1.29, 1.82) is 0 Å². The molecule has 1 N–H and O–H groups in total. The molecular weight excluding hydrogens is 252 g/mol. The molecule has 3 aromatic rings. The van der Waals surface area contributed by atoms with Crippen molar-refractivity contribution in [2.24, 2.45) is 0 Å². The highest BCUT2D eigenvalue weighted by atomic mass is 32.1. The van der Waals surface area contributed by atoms with E-state index in [1.165, 1.54) is 0 Å². The monoisotopic (exact) mass is 262 g/mol. The molecule has 0 aromatic carbocycles. The highest BCUT2D eigenvalue weighted by Gasteiger charge is 2.08. The molecule has 7 heteroatoms. The van der Waals surface area contributed by atoms with Gasteiger partial charge in [-0.3, -0.25) is 0 Å². The van der Waals surface area contributed by atoms with Gasteiger partial charge < -0.3 is 9.52 Å². The van der Waals surface area contributed by atoms with Crippen molar-refractivity contribution in [3.8, 4) is 10.8 Å². The van der Waals surface area contributed by atoms with E-state index in [1.807, 2.05) is 17.5 Å². The van der Waals surface area contributed by atoms with Gasteiger partial charge in [0.1, 0.15) is 17.7 Å². The van der Waals surface area contributed by atoms with Crippen LogP contribution in [0.2, 0.25) is 0 Å². The summed E-state index contributed by atoms with van der Waals surface area (Å²) in [4.78, 5) is 5.37. The molecule has 0 aliphatic carbocycles. The molecular formula is C11H10N4O2S. The Balaban J connectivity index is 1.77. The van der Waals surface area contributed by atoms with Crippen LogP contribution in [0.15, 0.2) is 34.4 Å². The SMILES string of the molecule is OCc1cn(Cc2coc(-c3cccs3)n2)nn1. The van der Waals surface area contributed by atoms with E-state index in [-0.39, 0.29) is 6.61 Å². The van der Waals surface area contributed by atoms with E-state index in [1.54, 1.807) is 28.5 Å². The Morgan fingerprint density at radius 3 is 3.06 bits per heavy atom. The highest BCUT2D eigenvalue weighted by molar-refractivity contribution is 7.13. The summed E-state index contributed by atoms with van der Waals surface area (Å²) in [5.74, 6) is 0.613. The van der Waals surface area contributed by atoms with Crippen molar-refractivity contribution in [3.63, 3.8) is 0 Å². The molecule has 92 valence electrons. The van der Waals surface area contributed by atoms with E-state index in [9.17, 15) is 0 Å². The Morgan fingerprint density at radius 2 is 2.33 bits per heavy atom. The number of rotatable bonds is 4. The van der Waals surface area contributed by atoms with Gasteiger partial charge in [0.2, 0.25) is 5.89 Å². The van der Waals surface area contributed by atoms with E-state index < -0.39 is 0 Å². The zero-order chi connectivity index (χ0) is 12.4. The molecule has 0 fully saturated rings. The third kappa shape index (κ3) is 2.18. The summed E-state index contributed by atoms with van der Waals surface area (Å²) >= 11 is 1.58. The molecule has 0 saturated carbocycles. The molecule has 0 saturated heterocycles. The predicted molar refractivity (Wildman–Crippen MR) is 64.9 cm³/mol. The molecule has 3 heterocycles. The molecule has 0 aliphatic rings. The van der Waals surface area contributed by atoms with Crippen molar-refractivity contribution >= 4 is 11.3 Å². The maximum absolute atomic E-state index is 8.90. The molecule has 6 nitrogen and oxygen atoms in total. The first-order chi connectivity index (χ1) is 8.85. The fourth-order valence-electron chi connectivity index (χ4n) is 1.55. The van der Waals surface area contributed by atoms with Crippen LogP contribution in [-0.2, 0) is 13.2 Å². The van der Waals surface area contributed by atoms with Crippen molar-refractivity contribution in [1.82, 2.24) is 20.0 Å². The first kappa shape index (κ1) is 11.1. The summed E-state index contributed by atoms with van der Waals surface area (Å²) in [5.41, 5.74) is 1.31. The molecule has 3 rings (SSSR count). The molecule has 0 spiro atoms. The minimum atomic E-state index is -0.112. The number of aliphatic hydroxyl groups is 1. The van der Waals surface area contributed by atoms with Crippen LogP contribution in [0.5, 0.6) is 0 Å². The Hall–Kier alpha value is -1.99. The maximum Gasteiger partial charge on any atom is 0.236 e. The van der Waals surface area contributed by atoms with Crippen LogP contribution in [0.1, 0.15) is 11.4 Å². The summed E-state index contributed by atoms with van der Waals surface area (Å²) in [5, 5.41) is 18.5. The minimum absolute atomic E-state index is 0.112. The summed E-state index contributed by atoms with van der Waals surface area (Å²) in [6.45, 7) is 0.362. The number of aliphatic hydroxyl groups excluding tert-OH is 1. The third-order valence-electron chi connectivity index (χ3n) is 2.36. The van der Waals surface area contributed by atoms with E-state index in [2.05, 4.69) is 15.3 Å². The standard InChI is InChI=1S/C11H10N4O2S/c16-6-8-4-15(14-13-8)5-9-7-17-11(12-9)10-2-1-3-18-10/h1-4,7,16H,5-6H2. The van der Waals surface area contributed by atoms with E-state index >= 15 is 0 Å². The summed E-state index contributed by atoms with van der Waals surface area (Å²) in [7, 11) is 0. The molecule has 0 atom stereocenters. The quantitative estimate of drug-likeness (QED) is 0.771. The lowest BCUT2D eigenvalue weighted by molar-refractivity contribution is 0.276. The summed E-state index contributed by atoms with van der Waals surface area (Å²) < 4.78 is 7.02. The minimum Gasteiger partial charge on any atom is -0.443 e. The lowest BCUT2D eigenvalue weighted by Gasteiger charge is -1.93. The lowest BCUT2D eigenvalue weighted by atomic mass is 10.4. The second-order valence-electron chi connectivity index (χ2n) is 3.69. The van der Waals surface area contributed by atoms with Crippen LogP contribution >= 0.6 is 11.3 Å². The Kier molecular flexibility index (Phi) is 2.91. The van der Waals surface area contributed by atoms with Crippen LogP contribution < -0.4 is 0 Å². The van der Waals surface area contributed by atoms with E-state index in [0.29, 0.717) is 18.1 Å². The van der Waals surface area contributed by atoms with Gasteiger partial charge in [-0.1, -0.05) is 11.3 Å². The van der Waals surface area contributed by atoms with Crippen LogP contribution in [0.3, 0.4) is 0 Å². The number of oxazole rings is 1. The lowest BCUT2D eigenvalue weighted by Crippen LogP contribution is -2.00. The molecule has 0 aliphatic heterocycles. The second kappa shape index (κ2) is 4.71. The number of thiophene rings is 1. The van der Waals surface area contributed by atoms with Crippen LogP contribution in [0, 0.1) is 0 Å². The first-order valence-electron chi connectivity index (χ1n) is 5.33. The fraction of sp³-hybridized carbons (Fsp3) is 0.182. The van der Waals surface area contributed by atoms with Gasteiger partial charge in [0.25, 0.3) is 0 Å². The average molecular weight is 262 g/mol. The summed E-state index contributed by atoms with van der Waals surface area (Å²) in [6.07, 6.45) is 3.29. The Morgan fingerprint density at radius 1 is 1.39 bits per heavy atom. The zero-order valence-corrected chi connectivity index (χ0v) is 10.2. The summed E-state index contributed by atoms with van der Waals surface area (Å²) in [6, 6.07) is 3.91. The van der Waals surface area contributed by atoms with Crippen LogP contribution in [0.25, 0.3) is 10.8 Å². The zero-order valence-electron chi connectivity index (χ0n) is 9.35. The van der Waals surface area contributed by atoms with Gasteiger partial charge >= 0.3 is 0 Å². The Bertz CT molecular complexity index is 629. The normalized spacial score (nSPS) is 10.9. The molecule has 18 heavy (non-hydrogen) atoms. The van der Waals surface area contributed by atoms with Crippen LogP contribution in [-0.4, -0.2) is 25.1 Å². The number of hydrogen-bond acceptors (Lipinski definition) is 6. The van der Waals surface area contributed by atoms with Crippen molar-refractivity contribution in [2.75, 3.05) is 0 Å². The average Bonchev–Trinajstić information content (AvgIpc) is 3.10. The number of nitrogens with zero attached hydrogens (tertiary/aromatic N) is 4. The third-order valence-corrected chi connectivity index (χ3v) is 3.21. The van der Waals surface area contributed by atoms with Gasteiger partial charge in [0, 0.05) is 0 Å². The molecule has 3 aromatic heterocycles. The first-order valence-corrected chi connectivity index (χ1v) is 6.21. The van der Waals surface area contributed by atoms with Crippen molar-refractivity contribution in [3.05, 3.63) is 41.4 Å². The maximum atomic E-state index is 8.90. The molecule has 0 radical (unpaired) electrons. The number of aromatic nitrogens is 4.